The Morgan fingerprint density at radius 1 is 0.781 bits per heavy atom. The Kier molecular flexibility index (Phi) is 4.88. The van der Waals surface area contributed by atoms with Gasteiger partial charge in [-0.3, -0.25) is 0 Å². The molecule has 0 aliphatic rings. The van der Waals surface area contributed by atoms with E-state index in [9.17, 15) is 5.11 Å². The fourth-order valence-corrected chi connectivity index (χ4v) is 3.99. The van der Waals surface area contributed by atoms with E-state index >= 15 is 0 Å². The highest BCUT2D eigenvalue weighted by molar-refractivity contribution is 6.53. The van der Waals surface area contributed by atoms with Crippen molar-refractivity contribution in [1.82, 2.24) is 0 Å². The van der Waals surface area contributed by atoms with Gasteiger partial charge in [0.15, 0.2) is 0 Å². The average molecular weight is 421 g/mol. The van der Waals surface area contributed by atoms with Gasteiger partial charge in [-0.05, 0) is 61.8 Å². The van der Waals surface area contributed by atoms with Crippen LogP contribution in [0.15, 0.2) is 83.3 Å². The first-order valence-electron chi connectivity index (χ1n) is 10.9. The first-order valence-corrected chi connectivity index (χ1v) is 10.9. The monoisotopic (exact) mass is 421 g/mol. The molecule has 0 saturated heterocycles. The first-order chi connectivity index (χ1) is 15.3. The highest BCUT2D eigenvalue weighted by Gasteiger charge is 2.36. The number of benzene rings is 4. The molecule has 0 amide bonds. The van der Waals surface area contributed by atoms with Gasteiger partial charge in [-0.25, -0.2) is 0 Å². The summed E-state index contributed by atoms with van der Waals surface area (Å²) in [6, 6.07) is 27.0. The number of furan rings is 1. The van der Waals surface area contributed by atoms with Crippen LogP contribution in [0.5, 0.6) is 0 Å². The van der Waals surface area contributed by atoms with E-state index in [1.54, 1.807) is 21.3 Å². The summed E-state index contributed by atoms with van der Waals surface area (Å²) in [4.78, 5) is 0. The van der Waals surface area contributed by atoms with Crippen molar-refractivity contribution in [2.75, 3.05) is 0 Å². The minimum Gasteiger partial charge on any atom is -0.455 e. The van der Waals surface area contributed by atoms with Crippen molar-refractivity contribution in [3.8, 4) is 11.1 Å². The summed E-state index contributed by atoms with van der Waals surface area (Å²) in [5.41, 5.74) is 3.20. The Hall–Kier alpha value is -3.08. The SMILES string of the molecule is CC(C)(O)C(C)(C)O[B]c1cccc2oc3c4ccccc4c(-c4ccccc4)cc3c12. The first kappa shape index (κ1) is 20.8. The average Bonchev–Trinajstić information content (AvgIpc) is 3.16. The standard InChI is InChI=1S/C28H26BO3/c1-27(2,30)28(3,4)32-29-23-15-10-16-24-25(23)22-17-21(18-11-6-5-7-12-18)19-13-8-9-14-20(19)26(22)31-24/h5-17,30H,1-4H3. The van der Waals surface area contributed by atoms with Crippen molar-refractivity contribution in [3.05, 3.63) is 78.9 Å². The topological polar surface area (TPSA) is 42.6 Å². The van der Waals surface area contributed by atoms with Gasteiger partial charge in [-0.15, -0.1) is 0 Å². The molecule has 3 nitrogen and oxygen atoms in total. The largest absolute Gasteiger partial charge is 0.455 e. The summed E-state index contributed by atoms with van der Waals surface area (Å²) in [6.07, 6.45) is 0. The van der Waals surface area contributed by atoms with E-state index in [2.05, 4.69) is 48.5 Å². The fourth-order valence-electron chi connectivity index (χ4n) is 3.99. The second-order valence-corrected chi connectivity index (χ2v) is 9.34. The van der Waals surface area contributed by atoms with Gasteiger partial charge in [0, 0.05) is 16.2 Å². The molecule has 1 aromatic heterocycles. The second-order valence-electron chi connectivity index (χ2n) is 9.34. The Balaban J connectivity index is 1.75. The quantitative estimate of drug-likeness (QED) is 0.343. The van der Waals surface area contributed by atoms with Crippen LogP contribution >= 0.6 is 0 Å². The second kappa shape index (κ2) is 7.51. The van der Waals surface area contributed by atoms with Crippen molar-refractivity contribution >= 4 is 45.7 Å². The number of hydrogen-bond acceptors (Lipinski definition) is 3. The smallest absolute Gasteiger partial charge is 0.331 e. The van der Waals surface area contributed by atoms with Gasteiger partial charge in [-0.1, -0.05) is 66.7 Å². The van der Waals surface area contributed by atoms with E-state index in [0.29, 0.717) is 0 Å². The van der Waals surface area contributed by atoms with Crippen molar-refractivity contribution in [2.45, 2.75) is 38.9 Å². The Morgan fingerprint density at radius 2 is 1.47 bits per heavy atom. The maximum atomic E-state index is 10.5. The predicted octanol–water partition coefficient (Wildman–Crippen LogP) is 6.22. The molecule has 0 fully saturated rings. The van der Waals surface area contributed by atoms with Gasteiger partial charge in [0.25, 0.3) is 0 Å². The van der Waals surface area contributed by atoms with Gasteiger partial charge in [0.2, 0.25) is 0 Å². The molecule has 5 rings (SSSR count). The van der Waals surface area contributed by atoms with E-state index in [1.807, 2.05) is 44.2 Å². The zero-order chi connectivity index (χ0) is 22.5. The van der Waals surface area contributed by atoms with E-state index in [0.717, 1.165) is 38.2 Å². The van der Waals surface area contributed by atoms with Gasteiger partial charge in [0.1, 0.15) is 11.2 Å². The van der Waals surface area contributed by atoms with E-state index in [1.165, 1.54) is 11.1 Å². The lowest BCUT2D eigenvalue weighted by Gasteiger charge is -2.37. The molecule has 0 atom stereocenters. The Bertz CT molecular complexity index is 1430. The predicted molar refractivity (Wildman–Crippen MR) is 134 cm³/mol. The lowest BCUT2D eigenvalue weighted by molar-refractivity contribution is -0.0893. The van der Waals surface area contributed by atoms with Crippen LogP contribution in [0.2, 0.25) is 0 Å². The van der Waals surface area contributed by atoms with Crippen LogP contribution in [0, 0.1) is 0 Å². The number of aliphatic hydroxyl groups is 1. The fraction of sp³-hybridized carbons (Fsp3) is 0.214. The highest BCUT2D eigenvalue weighted by Crippen LogP contribution is 2.39. The zero-order valence-corrected chi connectivity index (χ0v) is 18.8. The molecule has 1 heterocycles. The summed E-state index contributed by atoms with van der Waals surface area (Å²) in [6.45, 7) is 7.29. The van der Waals surface area contributed by atoms with E-state index in [-0.39, 0.29) is 0 Å². The molecule has 1 N–H and O–H groups in total. The lowest BCUT2D eigenvalue weighted by Crippen LogP contribution is -2.49. The molecule has 32 heavy (non-hydrogen) atoms. The van der Waals surface area contributed by atoms with Crippen LogP contribution in [-0.4, -0.2) is 23.8 Å². The summed E-state index contributed by atoms with van der Waals surface area (Å²) in [5, 5.41) is 14.8. The van der Waals surface area contributed by atoms with Crippen molar-refractivity contribution in [1.29, 1.82) is 0 Å². The molecule has 0 aliphatic heterocycles. The van der Waals surface area contributed by atoms with Gasteiger partial charge < -0.3 is 14.2 Å². The Labute approximate surface area is 188 Å². The number of hydrogen-bond donors (Lipinski definition) is 1. The third-order valence-electron chi connectivity index (χ3n) is 6.57. The van der Waals surface area contributed by atoms with Gasteiger partial charge >= 0.3 is 7.48 Å². The van der Waals surface area contributed by atoms with Gasteiger partial charge in [-0.2, -0.15) is 0 Å². The summed E-state index contributed by atoms with van der Waals surface area (Å²) in [5.74, 6) is 0. The molecule has 159 valence electrons. The number of rotatable bonds is 5. The summed E-state index contributed by atoms with van der Waals surface area (Å²) >= 11 is 0. The van der Waals surface area contributed by atoms with E-state index in [4.69, 9.17) is 9.07 Å². The van der Waals surface area contributed by atoms with E-state index < -0.39 is 11.2 Å². The maximum Gasteiger partial charge on any atom is 0.331 e. The summed E-state index contributed by atoms with van der Waals surface area (Å²) < 4.78 is 12.5. The van der Waals surface area contributed by atoms with Crippen LogP contribution in [0.25, 0.3) is 43.8 Å². The molecule has 0 bridgehead atoms. The van der Waals surface area contributed by atoms with Crippen molar-refractivity contribution in [2.24, 2.45) is 0 Å². The lowest BCUT2D eigenvalue weighted by atomic mass is 9.80. The minimum atomic E-state index is -0.994. The zero-order valence-electron chi connectivity index (χ0n) is 18.8. The van der Waals surface area contributed by atoms with Crippen LogP contribution in [0.4, 0.5) is 0 Å². The van der Waals surface area contributed by atoms with Crippen LogP contribution in [0.1, 0.15) is 27.7 Å². The van der Waals surface area contributed by atoms with Crippen molar-refractivity contribution in [3.63, 3.8) is 0 Å². The molecule has 4 heteroatoms. The third-order valence-corrected chi connectivity index (χ3v) is 6.57. The molecule has 4 aromatic carbocycles. The molecular weight excluding hydrogens is 395 g/mol. The van der Waals surface area contributed by atoms with Crippen LogP contribution in [-0.2, 0) is 4.65 Å². The summed E-state index contributed by atoms with van der Waals surface area (Å²) in [7, 11) is 1.74. The maximum absolute atomic E-state index is 10.5. The minimum absolute atomic E-state index is 0.753. The highest BCUT2D eigenvalue weighted by atomic mass is 16.5. The van der Waals surface area contributed by atoms with Crippen LogP contribution < -0.4 is 5.46 Å². The normalized spacial score (nSPS) is 12.7. The molecule has 0 aliphatic carbocycles. The molecular formula is C28H26BO3. The molecule has 0 spiro atoms. The molecule has 1 radical (unpaired) electrons. The van der Waals surface area contributed by atoms with Crippen molar-refractivity contribution < 1.29 is 14.2 Å². The van der Waals surface area contributed by atoms with Gasteiger partial charge in [0.05, 0.1) is 11.2 Å². The van der Waals surface area contributed by atoms with Crippen LogP contribution in [0.3, 0.4) is 0 Å². The number of fused-ring (bicyclic) bond motifs is 5. The Morgan fingerprint density at radius 3 is 2.19 bits per heavy atom. The molecule has 0 unspecified atom stereocenters. The molecule has 0 saturated carbocycles. The molecule has 5 aromatic rings. The third kappa shape index (κ3) is 3.40.